The molecule has 0 atom stereocenters. The summed E-state index contributed by atoms with van der Waals surface area (Å²) < 4.78 is 37.3. The van der Waals surface area contributed by atoms with Crippen molar-refractivity contribution in [3.05, 3.63) is 27.7 Å². The van der Waals surface area contributed by atoms with Crippen LogP contribution in [0.15, 0.2) is 12.1 Å². The van der Waals surface area contributed by atoms with E-state index in [0.717, 1.165) is 0 Å². The van der Waals surface area contributed by atoms with Crippen LogP contribution in [0.1, 0.15) is 39.7 Å². The first-order chi connectivity index (χ1) is 9.05. The van der Waals surface area contributed by atoms with Crippen molar-refractivity contribution >= 4 is 35.8 Å². The molecule has 1 aromatic carbocycles. The molecule has 0 saturated carbocycles. The minimum absolute atomic E-state index is 0.0859. The number of hydrogen-bond acceptors (Lipinski definition) is 2. The van der Waals surface area contributed by atoms with Gasteiger partial charge in [0, 0.05) is 0 Å². The maximum atomic E-state index is 12.8. The molecule has 0 radical (unpaired) electrons. The van der Waals surface area contributed by atoms with Crippen molar-refractivity contribution in [2.75, 3.05) is 0 Å². The summed E-state index contributed by atoms with van der Waals surface area (Å²) in [7, 11) is -0.679. The summed E-state index contributed by atoms with van der Waals surface area (Å²) in [5, 5.41) is -0.172. The van der Waals surface area contributed by atoms with E-state index in [9.17, 15) is 8.78 Å². The Morgan fingerprint density at radius 1 is 1.00 bits per heavy atom. The Bertz CT molecular complexity index is 496. The third kappa shape index (κ3) is 2.69. The minimum atomic E-state index is -2.72. The zero-order valence-corrected chi connectivity index (χ0v) is 13.1. The summed E-state index contributed by atoms with van der Waals surface area (Å²) in [4.78, 5) is 0. The largest absolute Gasteiger partial charge is 0.494 e. The van der Waals surface area contributed by atoms with Crippen LogP contribution in [0.25, 0.3) is 0 Å². The van der Waals surface area contributed by atoms with Crippen molar-refractivity contribution in [1.29, 1.82) is 0 Å². The first-order valence-corrected chi connectivity index (χ1v) is 6.93. The lowest BCUT2D eigenvalue weighted by Gasteiger charge is -2.32. The molecule has 1 fully saturated rings. The Hall–Kier alpha value is -0.355. The normalized spacial score (nSPS) is 20.8. The monoisotopic (exact) mass is 322 g/mol. The van der Waals surface area contributed by atoms with Crippen LogP contribution in [-0.2, 0) is 9.31 Å². The van der Waals surface area contributed by atoms with Crippen LogP contribution in [0.2, 0.25) is 10.0 Å². The molecule has 2 nitrogen and oxygen atoms in total. The Morgan fingerprint density at radius 2 is 1.40 bits per heavy atom. The summed E-state index contributed by atoms with van der Waals surface area (Å²) in [6.45, 7) is 7.63. The average molecular weight is 323 g/mol. The Morgan fingerprint density at radius 3 is 1.75 bits per heavy atom. The first kappa shape index (κ1) is 16.0. The van der Waals surface area contributed by atoms with Crippen molar-refractivity contribution in [3.63, 3.8) is 0 Å². The number of alkyl halides is 2. The zero-order valence-electron chi connectivity index (χ0n) is 11.6. The predicted octanol–water partition coefficient (Wildman–Crippen LogP) is 4.23. The van der Waals surface area contributed by atoms with E-state index in [4.69, 9.17) is 32.5 Å². The fraction of sp³-hybridized carbons (Fsp3) is 0.538. The van der Waals surface area contributed by atoms with Gasteiger partial charge in [-0.2, -0.15) is 0 Å². The summed E-state index contributed by atoms with van der Waals surface area (Å²) in [5.74, 6) is 0. The van der Waals surface area contributed by atoms with Gasteiger partial charge in [0.15, 0.2) is 0 Å². The van der Waals surface area contributed by atoms with E-state index in [1.54, 1.807) is 0 Å². The van der Waals surface area contributed by atoms with Crippen LogP contribution in [-0.4, -0.2) is 18.3 Å². The van der Waals surface area contributed by atoms with Gasteiger partial charge < -0.3 is 9.31 Å². The second-order valence-corrected chi connectivity index (χ2v) is 6.60. The van der Waals surface area contributed by atoms with Crippen molar-refractivity contribution in [2.45, 2.75) is 45.3 Å². The Balaban J connectivity index is 2.37. The van der Waals surface area contributed by atoms with Crippen LogP contribution in [0.5, 0.6) is 0 Å². The highest BCUT2D eigenvalue weighted by Crippen LogP contribution is 2.38. The van der Waals surface area contributed by atoms with Gasteiger partial charge in [-0.15, -0.1) is 0 Å². The maximum absolute atomic E-state index is 12.8. The molecule has 1 heterocycles. The lowest BCUT2D eigenvalue weighted by molar-refractivity contribution is 0.00578. The zero-order chi connectivity index (χ0) is 15.3. The van der Waals surface area contributed by atoms with Gasteiger partial charge in [-0.1, -0.05) is 23.2 Å². The Kier molecular flexibility index (Phi) is 4.11. The quantitative estimate of drug-likeness (QED) is 0.759. The van der Waals surface area contributed by atoms with Crippen molar-refractivity contribution in [2.24, 2.45) is 0 Å². The molecule has 7 heteroatoms. The smallest absolute Gasteiger partial charge is 0.399 e. The molecular formula is C13H15BCl2F2O2. The molecule has 1 aromatic rings. The molecule has 0 unspecified atom stereocenters. The van der Waals surface area contributed by atoms with Gasteiger partial charge in [-0.05, 0) is 45.3 Å². The van der Waals surface area contributed by atoms with E-state index < -0.39 is 24.7 Å². The van der Waals surface area contributed by atoms with Crippen LogP contribution in [0.4, 0.5) is 8.78 Å². The van der Waals surface area contributed by atoms with Gasteiger partial charge in [0.2, 0.25) is 0 Å². The summed E-state index contributed by atoms with van der Waals surface area (Å²) in [5.41, 5.74) is -0.868. The highest BCUT2D eigenvalue weighted by molar-refractivity contribution is 6.62. The third-order valence-corrected chi connectivity index (χ3v) is 4.47. The van der Waals surface area contributed by atoms with Crippen molar-refractivity contribution < 1.29 is 18.1 Å². The van der Waals surface area contributed by atoms with Gasteiger partial charge in [0.1, 0.15) is 0 Å². The lowest BCUT2D eigenvalue weighted by atomic mass is 9.79. The predicted molar refractivity (Wildman–Crippen MR) is 77.1 cm³/mol. The number of halogens is 4. The second-order valence-electron chi connectivity index (χ2n) is 5.79. The van der Waals surface area contributed by atoms with Gasteiger partial charge in [0.05, 0.1) is 26.8 Å². The highest BCUT2D eigenvalue weighted by atomic mass is 35.5. The van der Waals surface area contributed by atoms with Gasteiger partial charge in [0.25, 0.3) is 6.43 Å². The summed E-state index contributed by atoms with van der Waals surface area (Å²) in [6.07, 6.45) is -2.72. The number of benzene rings is 1. The van der Waals surface area contributed by atoms with E-state index in [2.05, 4.69) is 0 Å². The lowest BCUT2D eigenvalue weighted by Crippen LogP contribution is -2.41. The first-order valence-electron chi connectivity index (χ1n) is 6.18. The number of hydrogen-bond donors (Lipinski definition) is 0. The molecular weight excluding hydrogens is 308 g/mol. The topological polar surface area (TPSA) is 18.5 Å². The molecule has 110 valence electrons. The maximum Gasteiger partial charge on any atom is 0.494 e. The third-order valence-electron chi connectivity index (χ3n) is 3.85. The molecule has 0 N–H and O–H groups in total. The average Bonchev–Trinajstić information content (AvgIpc) is 2.46. The fourth-order valence-electron chi connectivity index (χ4n) is 1.93. The highest BCUT2D eigenvalue weighted by Gasteiger charge is 2.51. The molecule has 1 saturated heterocycles. The molecule has 0 aromatic heterocycles. The van der Waals surface area contributed by atoms with E-state index in [1.807, 2.05) is 27.7 Å². The second kappa shape index (κ2) is 5.13. The van der Waals surface area contributed by atoms with Crippen LogP contribution >= 0.6 is 23.2 Å². The van der Waals surface area contributed by atoms with Crippen LogP contribution in [0, 0.1) is 0 Å². The van der Waals surface area contributed by atoms with Gasteiger partial charge in [-0.3, -0.25) is 0 Å². The van der Waals surface area contributed by atoms with Crippen LogP contribution in [0.3, 0.4) is 0 Å². The minimum Gasteiger partial charge on any atom is -0.399 e. The molecule has 2 rings (SSSR count). The van der Waals surface area contributed by atoms with E-state index >= 15 is 0 Å². The molecule has 1 aliphatic rings. The number of rotatable bonds is 2. The summed E-state index contributed by atoms with van der Waals surface area (Å²) >= 11 is 11.7. The van der Waals surface area contributed by atoms with Crippen molar-refractivity contribution in [3.8, 4) is 0 Å². The standard InChI is InChI=1S/C13H15BCl2F2O2/c1-12(2)13(3,4)20-14(19-12)7-5-8(15)10(11(17)18)9(16)6-7/h5-6,11H,1-4H3. The Labute approximate surface area is 127 Å². The van der Waals surface area contributed by atoms with Gasteiger partial charge >= 0.3 is 7.12 Å². The van der Waals surface area contributed by atoms with Crippen LogP contribution < -0.4 is 5.46 Å². The van der Waals surface area contributed by atoms with E-state index in [1.165, 1.54) is 12.1 Å². The molecule has 1 aliphatic heterocycles. The molecule has 0 amide bonds. The summed E-state index contributed by atoms with van der Waals surface area (Å²) in [6, 6.07) is 2.83. The SMILES string of the molecule is CC1(C)OB(c2cc(Cl)c(C(F)F)c(Cl)c2)OC1(C)C. The van der Waals surface area contributed by atoms with Gasteiger partial charge in [-0.25, -0.2) is 8.78 Å². The van der Waals surface area contributed by atoms with Crippen molar-refractivity contribution in [1.82, 2.24) is 0 Å². The molecule has 0 spiro atoms. The molecule has 20 heavy (non-hydrogen) atoms. The fourth-order valence-corrected chi connectivity index (χ4v) is 2.60. The molecule has 0 bridgehead atoms. The molecule has 0 aliphatic carbocycles. The van der Waals surface area contributed by atoms with E-state index in [-0.39, 0.29) is 15.6 Å². The van der Waals surface area contributed by atoms with E-state index in [0.29, 0.717) is 5.46 Å².